The Bertz CT molecular complexity index is 681. The summed E-state index contributed by atoms with van der Waals surface area (Å²) in [6.45, 7) is 4.89. The van der Waals surface area contributed by atoms with Crippen molar-refractivity contribution in [1.82, 2.24) is 16.0 Å². The lowest BCUT2D eigenvalue weighted by Crippen LogP contribution is -2.57. The first-order chi connectivity index (χ1) is 13.7. The zero-order chi connectivity index (χ0) is 23.6. The molecule has 0 aromatic rings. The van der Waals surface area contributed by atoms with E-state index in [0.29, 0.717) is 6.42 Å². The second-order valence-electron chi connectivity index (χ2n) is 7.20. The van der Waals surface area contributed by atoms with Crippen LogP contribution in [-0.4, -0.2) is 69.9 Å². The molecule has 0 saturated carbocycles. The van der Waals surface area contributed by atoms with E-state index in [0.717, 1.165) is 0 Å². The monoisotopic (exact) mass is 431 g/mol. The summed E-state index contributed by atoms with van der Waals surface area (Å²) < 4.78 is 0. The molecule has 4 amide bonds. The minimum Gasteiger partial charge on any atom is -0.481 e. The summed E-state index contributed by atoms with van der Waals surface area (Å²) in [5.41, 5.74) is 10.8. The Morgan fingerprint density at radius 3 is 1.77 bits per heavy atom. The minimum atomic E-state index is -1.70. The number of carboxylic acids is 2. The van der Waals surface area contributed by atoms with Gasteiger partial charge in [-0.2, -0.15) is 0 Å². The van der Waals surface area contributed by atoms with Crippen molar-refractivity contribution in [1.29, 1.82) is 0 Å². The van der Waals surface area contributed by atoms with Crippen molar-refractivity contribution in [2.75, 3.05) is 0 Å². The number of rotatable bonds is 13. The molecule has 0 radical (unpaired) electrons. The van der Waals surface area contributed by atoms with E-state index < -0.39 is 72.6 Å². The van der Waals surface area contributed by atoms with E-state index in [1.165, 1.54) is 6.92 Å². The molecule has 30 heavy (non-hydrogen) atoms. The highest BCUT2D eigenvalue weighted by Crippen LogP contribution is 2.04. The number of nitrogens with two attached hydrogens (primary N) is 2. The predicted octanol–water partition coefficient (Wildman–Crippen LogP) is -2.73. The lowest BCUT2D eigenvalue weighted by molar-refractivity contribution is -0.147. The largest absolute Gasteiger partial charge is 0.481 e. The van der Waals surface area contributed by atoms with Gasteiger partial charge in [0.1, 0.15) is 18.1 Å². The SMILES string of the molecule is CC(C)CC(N)C(=O)NC(CC(N)=O)C(=O)NC(C)C(=O)NC(CC(=O)O)C(=O)O. The summed E-state index contributed by atoms with van der Waals surface area (Å²) in [6, 6.07) is -5.34. The van der Waals surface area contributed by atoms with Gasteiger partial charge in [0.25, 0.3) is 0 Å². The summed E-state index contributed by atoms with van der Waals surface area (Å²) in [6.07, 6.45) is -1.09. The number of carbonyl (C=O) groups excluding carboxylic acids is 4. The second-order valence-corrected chi connectivity index (χ2v) is 7.20. The molecule has 4 atom stereocenters. The van der Waals surface area contributed by atoms with Gasteiger partial charge in [-0.05, 0) is 19.3 Å². The Morgan fingerprint density at radius 2 is 1.33 bits per heavy atom. The Balaban J connectivity index is 5.10. The smallest absolute Gasteiger partial charge is 0.326 e. The van der Waals surface area contributed by atoms with E-state index in [1.807, 2.05) is 19.2 Å². The maximum absolute atomic E-state index is 12.4. The molecule has 0 bridgehead atoms. The van der Waals surface area contributed by atoms with Crippen LogP contribution in [0.2, 0.25) is 0 Å². The zero-order valence-corrected chi connectivity index (χ0v) is 17.0. The van der Waals surface area contributed by atoms with Crippen LogP contribution in [0.1, 0.15) is 40.0 Å². The summed E-state index contributed by atoms with van der Waals surface area (Å²) in [5.74, 6) is -6.38. The first-order valence-corrected chi connectivity index (χ1v) is 9.14. The van der Waals surface area contributed by atoms with E-state index in [1.54, 1.807) is 0 Å². The standard InChI is InChI=1S/C17H29N5O8/c1-7(2)4-9(18)15(27)21-10(5-12(19)23)16(28)20-8(3)14(26)22-11(17(29)30)6-13(24)25/h7-11H,4-6,18H2,1-3H3,(H2,19,23)(H,20,28)(H,21,27)(H,22,26)(H,24,25)(H,29,30). The molecule has 4 unspecified atom stereocenters. The van der Waals surface area contributed by atoms with Crippen molar-refractivity contribution in [3.05, 3.63) is 0 Å². The average molecular weight is 431 g/mol. The quantitative estimate of drug-likeness (QED) is 0.160. The number of aliphatic carboxylic acids is 2. The van der Waals surface area contributed by atoms with Crippen LogP contribution in [0.5, 0.6) is 0 Å². The van der Waals surface area contributed by atoms with Crippen LogP contribution in [0.25, 0.3) is 0 Å². The fourth-order valence-corrected chi connectivity index (χ4v) is 2.36. The summed E-state index contributed by atoms with van der Waals surface area (Å²) in [4.78, 5) is 69.6. The first kappa shape index (κ1) is 26.8. The third-order valence-corrected chi connectivity index (χ3v) is 3.85. The Hall–Kier alpha value is -3.22. The molecule has 0 fully saturated rings. The van der Waals surface area contributed by atoms with Crippen molar-refractivity contribution < 1.29 is 39.0 Å². The highest BCUT2D eigenvalue weighted by atomic mass is 16.4. The van der Waals surface area contributed by atoms with Crippen molar-refractivity contribution in [3.63, 3.8) is 0 Å². The molecular formula is C17H29N5O8. The number of primary amides is 1. The van der Waals surface area contributed by atoms with Gasteiger partial charge < -0.3 is 37.6 Å². The average Bonchev–Trinajstić information content (AvgIpc) is 2.58. The van der Waals surface area contributed by atoms with E-state index in [4.69, 9.17) is 21.7 Å². The third kappa shape index (κ3) is 10.4. The van der Waals surface area contributed by atoms with Crippen LogP contribution >= 0.6 is 0 Å². The van der Waals surface area contributed by atoms with E-state index in [2.05, 4.69) is 10.6 Å². The van der Waals surface area contributed by atoms with Gasteiger partial charge in [-0.15, -0.1) is 0 Å². The number of carbonyl (C=O) groups is 6. The number of nitrogens with one attached hydrogen (secondary N) is 3. The van der Waals surface area contributed by atoms with Crippen LogP contribution < -0.4 is 27.4 Å². The number of amides is 4. The zero-order valence-electron chi connectivity index (χ0n) is 17.0. The third-order valence-electron chi connectivity index (χ3n) is 3.85. The van der Waals surface area contributed by atoms with Gasteiger partial charge in [-0.25, -0.2) is 4.79 Å². The van der Waals surface area contributed by atoms with E-state index >= 15 is 0 Å². The molecule has 0 rings (SSSR count). The molecule has 13 heteroatoms. The second kappa shape index (κ2) is 12.4. The highest BCUT2D eigenvalue weighted by Gasteiger charge is 2.30. The van der Waals surface area contributed by atoms with Gasteiger partial charge in [0.15, 0.2) is 0 Å². The van der Waals surface area contributed by atoms with Gasteiger partial charge in [-0.1, -0.05) is 13.8 Å². The Morgan fingerprint density at radius 1 is 0.800 bits per heavy atom. The Kier molecular flexibility index (Phi) is 11.0. The topological polar surface area (TPSA) is 231 Å². The molecule has 0 aliphatic rings. The first-order valence-electron chi connectivity index (χ1n) is 9.14. The van der Waals surface area contributed by atoms with Crippen LogP contribution in [0.3, 0.4) is 0 Å². The fourth-order valence-electron chi connectivity index (χ4n) is 2.36. The summed E-state index contributed by atoms with van der Waals surface area (Å²) >= 11 is 0. The maximum atomic E-state index is 12.4. The van der Waals surface area contributed by atoms with Gasteiger partial charge in [0.05, 0.1) is 18.9 Å². The van der Waals surface area contributed by atoms with Crippen LogP contribution in [-0.2, 0) is 28.8 Å². The molecule has 0 aromatic carbocycles. The molecule has 0 aromatic heterocycles. The maximum Gasteiger partial charge on any atom is 0.326 e. The van der Waals surface area contributed by atoms with Crippen molar-refractivity contribution in [2.24, 2.45) is 17.4 Å². The molecule has 9 N–H and O–H groups in total. The summed E-state index contributed by atoms with van der Waals surface area (Å²) in [5, 5.41) is 24.1. The summed E-state index contributed by atoms with van der Waals surface area (Å²) in [7, 11) is 0. The van der Waals surface area contributed by atoms with Gasteiger partial charge in [-0.3, -0.25) is 24.0 Å². The molecule has 0 spiro atoms. The van der Waals surface area contributed by atoms with Gasteiger partial charge in [0, 0.05) is 0 Å². The lowest BCUT2D eigenvalue weighted by atomic mass is 10.0. The molecule has 13 nitrogen and oxygen atoms in total. The molecule has 0 aliphatic heterocycles. The molecule has 0 heterocycles. The molecule has 170 valence electrons. The minimum absolute atomic E-state index is 0.103. The predicted molar refractivity (Wildman–Crippen MR) is 103 cm³/mol. The number of carboxylic acid groups (broad SMARTS) is 2. The number of hydrogen-bond donors (Lipinski definition) is 7. The van der Waals surface area contributed by atoms with Crippen molar-refractivity contribution >= 4 is 35.6 Å². The van der Waals surface area contributed by atoms with Crippen LogP contribution in [0.15, 0.2) is 0 Å². The number of hydrogen-bond acceptors (Lipinski definition) is 7. The molecular weight excluding hydrogens is 402 g/mol. The van der Waals surface area contributed by atoms with E-state index in [-0.39, 0.29) is 5.92 Å². The van der Waals surface area contributed by atoms with Crippen LogP contribution in [0, 0.1) is 5.92 Å². The van der Waals surface area contributed by atoms with E-state index in [9.17, 15) is 28.8 Å². The molecule has 0 aliphatic carbocycles. The van der Waals surface area contributed by atoms with Gasteiger partial charge in [0.2, 0.25) is 23.6 Å². The van der Waals surface area contributed by atoms with Crippen LogP contribution in [0.4, 0.5) is 0 Å². The Labute approximate surface area is 172 Å². The van der Waals surface area contributed by atoms with Crippen molar-refractivity contribution in [3.8, 4) is 0 Å². The van der Waals surface area contributed by atoms with Crippen molar-refractivity contribution in [2.45, 2.75) is 64.2 Å². The lowest BCUT2D eigenvalue weighted by Gasteiger charge is -2.23. The normalized spacial score (nSPS) is 14.7. The fraction of sp³-hybridized carbons (Fsp3) is 0.647. The highest BCUT2D eigenvalue weighted by molar-refractivity contribution is 5.96. The molecule has 0 saturated heterocycles. The van der Waals surface area contributed by atoms with Gasteiger partial charge >= 0.3 is 11.9 Å².